The largest absolute Gasteiger partial charge is 0.416 e. The van der Waals surface area contributed by atoms with Gasteiger partial charge in [-0.25, -0.2) is 13.7 Å². The number of rotatable bonds is 4. The molecule has 3 unspecified atom stereocenters. The molecule has 26 heavy (non-hydrogen) atoms. The molecular formula is C15H15ClF6NO2S. The zero-order valence-corrected chi connectivity index (χ0v) is 14.8. The average Bonchev–Trinajstić information content (AvgIpc) is 2.52. The van der Waals surface area contributed by atoms with Crippen LogP contribution in [0.25, 0.3) is 0 Å². The van der Waals surface area contributed by atoms with Gasteiger partial charge in [0.25, 0.3) is 0 Å². The Hall–Kier alpha value is -1.00. The van der Waals surface area contributed by atoms with Crippen LogP contribution < -0.4 is 5.32 Å². The molecule has 1 aromatic carbocycles. The Balaban J connectivity index is 2.19. The molecule has 0 aliphatic carbocycles. The summed E-state index contributed by atoms with van der Waals surface area (Å²) in [7, 11) is -4.19. The van der Waals surface area contributed by atoms with Crippen molar-refractivity contribution in [2.45, 2.75) is 29.0 Å². The summed E-state index contributed by atoms with van der Waals surface area (Å²) in [5, 5.41) is 2.69. The van der Waals surface area contributed by atoms with Gasteiger partial charge >= 0.3 is 12.4 Å². The van der Waals surface area contributed by atoms with E-state index in [0.717, 1.165) is 18.2 Å². The summed E-state index contributed by atoms with van der Waals surface area (Å²) in [5.41, 5.74) is -1.14. The van der Waals surface area contributed by atoms with Crippen molar-refractivity contribution in [1.29, 1.82) is 0 Å². The van der Waals surface area contributed by atoms with E-state index >= 15 is 0 Å². The Morgan fingerprint density at radius 1 is 1.12 bits per heavy atom. The average molecular weight is 423 g/mol. The number of alkyl halides is 7. The van der Waals surface area contributed by atoms with E-state index in [-0.39, 0.29) is 6.54 Å². The summed E-state index contributed by atoms with van der Waals surface area (Å²) >= 11 is 5.91. The van der Waals surface area contributed by atoms with Gasteiger partial charge in [0, 0.05) is 13.1 Å². The van der Waals surface area contributed by atoms with Crippen LogP contribution in [0.5, 0.6) is 0 Å². The minimum Gasteiger partial charge on any atom is -0.240 e. The van der Waals surface area contributed by atoms with Crippen molar-refractivity contribution >= 4 is 21.4 Å². The maximum atomic E-state index is 13.1. The summed E-state index contributed by atoms with van der Waals surface area (Å²) in [5.74, 6) is -3.76. The summed E-state index contributed by atoms with van der Waals surface area (Å²) in [6.45, 7) is -0.524. The fourth-order valence-electron chi connectivity index (χ4n) is 2.86. The molecule has 0 spiro atoms. The van der Waals surface area contributed by atoms with E-state index in [1.165, 1.54) is 0 Å². The predicted octanol–water partition coefficient (Wildman–Crippen LogP) is 3.89. The fraction of sp³-hybridized carbons (Fsp3) is 0.600. The number of benzene rings is 1. The summed E-state index contributed by atoms with van der Waals surface area (Å²) in [4.78, 5) is -0.581. The molecule has 0 amide bonds. The number of hydrogen-bond acceptors (Lipinski definition) is 2. The van der Waals surface area contributed by atoms with Gasteiger partial charge in [-0.05, 0) is 30.5 Å². The summed E-state index contributed by atoms with van der Waals surface area (Å²) < 4.78 is 102. The zero-order chi connectivity index (χ0) is 19.8. The monoisotopic (exact) mass is 422 g/mol. The van der Waals surface area contributed by atoms with Gasteiger partial charge in [0.2, 0.25) is 0 Å². The van der Waals surface area contributed by atoms with Crippen molar-refractivity contribution in [1.82, 2.24) is 5.32 Å². The first-order valence-corrected chi connectivity index (χ1v) is 9.65. The minimum atomic E-state index is -4.72. The highest BCUT2D eigenvalue weighted by molar-refractivity contribution is 7.91. The lowest BCUT2D eigenvalue weighted by Crippen LogP contribution is -2.48. The topological polar surface area (TPSA) is 48.2 Å². The predicted molar refractivity (Wildman–Crippen MR) is 82.7 cm³/mol. The second kappa shape index (κ2) is 7.55. The van der Waals surface area contributed by atoms with Crippen LogP contribution >= 0.6 is 11.6 Å². The second-order valence-corrected chi connectivity index (χ2v) is 8.72. The molecule has 147 valence electrons. The molecule has 3 atom stereocenters. The van der Waals surface area contributed by atoms with Crippen LogP contribution in [0.1, 0.15) is 12.0 Å². The summed E-state index contributed by atoms with van der Waals surface area (Å²) in [6, 6.07) is 3.12. The molecule has 0 aromatic heterocycles. The van der Waals surface area contributed by atoms with Crippen molar-refractivity contribution in [3.8, 4) is 0 Å². The van der Waals surface area contributed by atoms with Gasteiger partial charge in [-0.1, -0.05) is 6.07 Å². The molecule has 1 aliphatic heterocycles. The molecular weight excluding hydrogens is 408 g/mol. The van der Waals surface area contributed by atoms with E-state index in [4.69, 9.17) is 11.6 Å². The third-order valence-electron chi connectivity index (χ3n) is 4.27. The van der Waals surface area contributed by atoms with Crippen molar-refractivity contribution < 1.29 is 34.8 Å². The van der Waals surface area contributed by atoms with E-state index in [2.05, 4.69) is 5.32 Å². The van der Waals surface area contributed by atoms with Crippen LogP contribution in [-0.2, 0) is 16.0 Å². The van der Waals surface area contributed by atoms with Crippen molar-refractivity contribution in [3.05, 3.63) is 29.8 Å². The van der Waals surface area contributed by atoms with Gasteiger partial charge in [-0.15, -0.1) is 11.6 Å². The lowest BCUT2D eigenvalue weighted by Gasteiger charge is -2.36. The van der Waals surface area contributed by atoms with Crippen LogP contribution in [0.2, 0.25) is 0 Å². The van der Waals surface area contributed by atoms with Crippen molar-refractivity contribution in [3.63, 3.8) is 0 Å². The molecule has 3 nitrogen and oxygen atoms in total. The van der Waals surface area contributed by atoms with Gasteiger partial charge in [-0.3, -0.25) is 0 Å². The standard InChI is InChI=1S/C15H15ClF6NO2S/c16-13-8-23-7-12(15(20,21)22)11(13)4-5-26(24,25)10-3-1-2-9(6-10)14(17,18)19/h1-3,6,11-13H,4-5,7-8H2. The van der Waals surface area contributed by atoms with Crippen molar-refractivity contribution in [2.24, 2.45) is 11.8 Å². The molecule has 1 aliphatic rings. The van der Waals surface area contributed by atoms with E-state index in [1.807, 2.05) is 0 Å². The Morgan fingerprint density at radius 3 is 2.35 bits per heavy atom. The molecule has 0 saturated carbocycles. The van der Waals surface area contributed by atoms with E-state index in [0.29, 0.717) is 6.07 Å². The van der Waals surface area contributed by atoms with Gasteiger partial charge < -0.3 is 0 Å². The molecule has 1 aromatic rings. The first kappa shape index (κ1) is 21.3. The fourth-order valence-corrected chi connectivity index (χ4v) is 4.67. The molecule has 1 fully saturated rings. The first-order chi connectivity index (χ1) is 11.8. The smallest absolute Gasteiger partial charge is 0.240 e. The lowest BCUT2D eigenvalue weighted by molar-refractivity contribution is -0.191. The zero-order valence-electron chi connectivity index (χ0n) is 13.2. The van der Waals surface area contributed by atoms with E-state index in [9.17, 15) is 34.8 Å². The van der Waals surface area contributed by atoms with Gasteiger partial charge in [-0.2, -0.15) is 26.3 Å². The Morgan fingerprint density at radius 2 is 1.77 bits per heavy atom. The third kappa shape index (κ3) is 5.04. The SMILES string of the molecule is O=S(=O)(CCC1C(Cl)C[N]CC1C(F)(F)F)c1cccc(C(F)(F)F)c1. The van der Waals surface area contributed by atoms with Crippen LogP contribution in [-0.4, -0.2) is 38.8 Å². The van der Waals surface area contributed by atoms with Gasteiger partial charge in [0.15, 0.2) is 9.84 Å². The normalized spacial score (nSPS) is 25.3. The van der Waals surface area contributed by atoms with Gasteiger partial charge in [0.1, 0.15) is 0 Å². The molecule has 1 saturated heterocycles. The molecule has 11 heteroatoms. The Bertz CT molecular complexity index is 734. The number of sulfone groups is 1. The number of hydrogen-bond donors (Lipinski definition) is 0. The highest BCUT2D eigenvalue weighted by Crippen LogP contribution is 2.39. The number of piperidine rings is 1. The van der Waals surface area contributed by atoms with E-state index < -0.39 is 68.6 Å². The van der Waals surface area contributed by atoms with Crippen LogP contribution in [0, 0.1) is 11.8 Å². The molecule has 0 bridgehead atoms. The third-order valence-corrected chi connectivity index (χ3v) is 6.48. The highest BCUT2D eigenvalue weighted by Gasteiger charge is 2.49. The van der Waals surface area contributed by atoms with Gasteiger partial charge in [0.05, 0.1) is 27.5 Å². The lowest BCUT2D eigenvalue weighted by atomic mass is 9.83. The molecule has 1 heterocycles. The Labute approximate surface area is 151 Å². The quantitative estimate of drug-likeness (QED) is 0.546. The Kier molecular flexibility index (Phi) is 6.19. The number of halogens is 7. The molecule has 2 rings (SSSR count). The van der Waals surface area contributed by atoms with Crippen LogP contribution in [0.15, 0.2) is 29.2 Å². The maximum absolute atomic E-state index is 13.1. The van der Waals surface area contributed by atoms with Crippen LogP contribution in [0.3, 0.4) is 0 Å². The van der Waals surface area contributed by atoms with Crippen molar-refractivity contribution in [2.75, 3.05) is 18.8 Å². The van der Waals surface area contributed by atoms with E-state index in [1.54, 1.807) is 0 Å². The molecule has 1 radical (unpaired) electrons. The molecule has 0 N–H and O–H groups in total. The first-order valence-electron chi connectivity index (χ1n) is 7.56. The summed E-state index contributed by atoms with van der Waals surface area (Å²) in [6.07, 6.45) is -9.72. The second-order valence-electron chi connectivity index (χ2n) is 6.05. The van der Waals surface area contributed by atoms with Crippen LogP contribution in [0.4, 0.5) is 26.3 Å². The number of nitrogens with zero attached hydrogens (tertiary/aromatic N) is 1. The highest BCUT2D eigenvalue weighted by atomic mass is 35.5. The minimum absolute atomic E-state index is 0.0254. The maximum Gasteiger partial charge on any atom is 0.416 e.